The van der Waals surface area contributed by atoms with E-state index in [0.29, 0.717) is 58.5 Å². The quantitative estimate of drug-likeness (QED) is 0.571. The van der Waals surface area contributed by atoms with Gasteiger partial charge in [-0.2, -0.15) is 0 Å². The summed E-state index contributed by atoms with van der Waals surface area (Å²) in [5.41, 5.74) is 0.783. The number of non-ortho nitro benzene ring substituents is 1. The summed E-state index contributed by atoms with van der Waals surface area (Å²) in [6.45, 7) is 3.93. The maximum Gasteiger partial charge on any atom is 0.273 e. The van der Waals surface area contributed by atoms with Crippen molar-refractivity contribution in [2.75, 3.05) is 64.7 Å². The van der Waals surface area contributed by atoms with E-state index < -0.39 is 4.92 Å². The van der Waals surface area contributed by atoms with Gasteiger partial charge in [-0.25, -0.2) is 0 Å². The number of nitrogens with zero attached hydrogens (tertiary/aromatic N) is 2. The Morgan fingerprint density at radius 3 is 2.26 bits per heavy atom. The minimum Gasteiger partial charge on any atom is -0.489 e. The molecule has 0 atom stereocenters. The zero-order valence-electron chi connectivity index (χ0n) is 13.2. The lowest BCUT2D eigenvalue weighted by Gasteiger charge is -2.22. The Labute approximate surface area is 135 Å². The third kappa shape index (κ3) is 5.66. The van der Waals surface area contributed by atoms with Crippen molar-refractivity contribution >= 4 is 11.4 Å². The van der Waals surface area contributed by atoms with Gasteiger partial charge in [-0.05, 0) is 6.07 Å². The molecule has 0 saturated heterocycles. The lowest BCUT2D eigenvalue weighted by Crippen LogP contribution is -2.24. The van der Waals surface area contributed by atoms with Crippen molar-refractivity contribution < 1.29 is 23.9 Å². The first kappa shape index (κ1) is 17.5. The summed E-state index contributed by atoms with van der Waals surface area (Å²) >= 11 is 0. The number of benzene rings is 1. The molecule has 1 aromatic rings. The molecule has 1 heterocycles. The number of ether oxygens (including phenoxy) is 4. The van der Waals surface area contributed by atoms with Gasteiger partial charge in [-0.15, -0.1) is 0 Å². The van der Waals surface area contributed by atoms with E-state index in [2.05, 4.69) is 0 Å². The maximum atomic E-state index is 10.9. The van der Waals surface area contributed by atoms with Crippen LogP contribution < -0.4 is 9.64 Å². The molecule has 0 unspecified atom stereocenters. The van der Waals surface area contributed by atoms with Gasteiger partial charge in [0.1, 0.15) is 12.4 Å². The average Bonchev–Trinajstić information content (AvgIpc) is 2.55. The maximum absolute atomic E-state index is 10.9. The van der Waals surface area contributed by atoms with Crippen LogP contribution in [0.3, 0.4) is 0 Å². The fraction of sp³-hybridized carbons (Fsp3) is 0.600. The van der Waals surface area contributed by atoms with Gasteiger partial charge in [-0.1, -0.05) is 0 Å². The van der Waals surface area contributed by atoms with Gasteiger partial charge >= 0.3 is 0 Å². The van der Waals surface area contributed by atoms with Crippen LogP contribution in [0.2, 0.25) is 0 Å². The number of fused-ring (bicyclic) bond motifs is 1. The average molecular weight is 326 g/mol. The summed E-state index contributed by atoms with van der Waals surface area (Å²) in [6, 6.07) is 4.60. The minimum atomic E-state index is -0.434. The molecule has 0 fully saturated rings. The molecule has 2 rings (SSSR count). The Kier molecular flexibility index (Phi) is 7.05. The summed E-state index contributed by atoms with van der Waals surface area (Å²) < 4.78 is 21.9. The van der Waals surface area contributed by atoms with Crippen LogP contribution in [0.25, 0.3) is 0 Å². The fourth-order valence-corrected chi connectivity index (χ4v) is 2.12. The zero-order valence-corrected chi connectivity index (χ0v) is 13.2. The predicted octanol–water partition coefficient (Wildman–Crippen LogP) is 1.47. The molecule has 0 spiro atoms. The summed E-state index contributed by atoms with van der Waals surface area (Å²) in [5, 5.41) is 10.9. The lowest BCUT2D eigenvalue weighted by atomic mass is 10.2. The van der Waals surface area contributed by atoms with E-state index in [1.165, 1.54) is 12.1 Å². The zero-order chi connectivity index (χ0) is 16.5. The van der Waals surface area contributed by atoms with Gasteiger partial charge in [0.05, 0.1) is 56.3 Å². The summed E-state index contributed by atoms with van der Waals surface area (Å²) in [6.07, 6.45) is 0. The SMILES string of the molecule is CN1CCOCCOCCOCCOc2cc([N+](=O)[O-])ccc21. The highest BCUT2D eigenvalue weighted by Gasteiger charge is 2.15. The van der Waals surface area contributed by atoms with Gasteiger partial charge < -0.3 is 23.8 Å². The third-order valence-corrected chi connectivity index (χ3v) is 3.37. The number of rotatable bonds is 1. The van der Waals surface area contributed by atoms with Gasteiger partial charge in [0, 0.05) is 19.7 Å². The van der Waals surface area contributed by atoms with Crippen LogP contribution in [0.5, 0.6) is 5.75 Å². The van der Waals surface area contributed by atoms with E-state index >= 15 is 0 Å². The molecule has 0 radical (unpaired) electrons. The Balaban J connectivity index is 2.11. The molecule has 0 amide bonds. The standard InChI is InChI=1S/C15H22N2O6/c1-16-4-5-20-6-7-21-8-9-22-10-11-23-15-12-13(17(18)19)2-3-14(15)16/h2-3,12H,4-11H2,1H3. The van der Waals surface area contributed by atoms with E-state index in [1.54, 1.807) is 6.07 Å². The molecule has 0 aliphatic carbocycles. The van der Waals surface area contributed by atoms with Gasteiger partial charge in [0.2, 0.25) is 0 Å². The molecule has 0 aromatic heterocycles. The largest absolute Gasteiger partial charge is 0.489 e. The van der Waals surface area contributed by atoms with E-state index in [0.717, 1.165) is 5.69 Å². The van der Waals surface area contributed by atoms with Crippen molar-refractivity contribution in [1.29, 1.82) is 0 Å². The second-order valence-corrected chi connectivity index (χ2v) is 5.02. The van der Waals surface area contributed by atoms with Crippen LogP contribution in [0.4, 0.5) is 11.4 Å². The van der Waals surface area contributed by atoms with Crippen molar-refractivity contribution in [2.24, 2.45) is 0 Å². The van der Waals surface area contributed by atoms with Crippen LogP contribution in [0.1, 0.15) is 0 Å². The molecule has 23 heavy (non-hydrogen) atoms. The molecule has 8 nitrogen and oxygen atoms in total. The van der Waals surface area contributed by atoms with E-state index in [4.69, 9.17) is 18.9 Å². The molecule has 0 N–H and O–H groups in total. The highest BCUT2D eigenvalue weighted by Crippen LogP contribution is 2.31. The molecule has 0 bridgehead atoms. The number of anilines is 1. The molecule has 1 aromatic carbocycles. The Morgan fingerprint density at radius 1 is 1.00 bits per heavy atom. The molecular formula is C15H22N2O6. The first-order valence-corrected chi connectivity index (χ1v) is 7.54. The summed E-state index contributed by atoms with van der Waals surface area (Å²) in [5.74, 6) is 0.469. The van der Waals surface area contributed by atoms with Crippen molar-refractivity contribution in [3.8, 4) is 5.75 Å². The van der Waals surface area contributed by atoms with Crippen LogP contribution in [0.15, 0.2) is 18.2 Å². The topological polar surface area (TPSA) is 83.3 Å². The minimum absolute atomic E-state index is 0.000588. The van der Waals surface area contributed by atoms with Gasteiger partial charge in [-0.3, -0.25) is 10.1 Å². The monoisotopic (exact) mass is 326 g/mol. The van der Waals surface area contributed by atoms with Gasteiger partial charge in [0.15, 0.2) is 0 Å². The molecule has 8 heteroatoms. The molecular weight excluding hydrogens is 304 g/mol. The second-order valence-electron chi connectivity index (χ2n) is 5.02. The molecule has 128 valence electrons. The van der Waals surface area contributed by atoms with Crippen LogP contribution in [-0.2, 0) is 14.2 Å². The fourth-order valence-electron chi connectivity index (χ4n) is 2.12. The normalized spacial score (nSPS) is 18.2. The van der Waals surface area contributed by atoms with Crippen molar-refractivity contribution in [3.63, 3.8) is 0 Å². The number of likely N-dealkylation sites (N-methyl/N-ethyl adjacent to an activating group) is 1. The lowest BCUT2D eigenvalue weighted by molar-refractivity contribution is -0.384. The van der Waals surface area contributed by atoms with Crippen molar-refractivity contribution in [2.45, 2.75) is 0 Å². The molecule has 1 aliphatic heterocycles. The third-order valence-electron chi connectivity index (χ3n) is 3.37. The molecule has 0 saturated carbocycles. The Hall–Kier alpha value is -1.90. The summed E-state index contributed by atoms with van der Waals surface area (Å²) in [4.78, 5) is 12.5. The Morgan fingerprint density at radius 2 is 1.61 bits per heavy atom. The first-order valence-electron chi connectivity index (χ1n) is 7.54. The van der Waals surface area contributed by atoms with E-state index in [9.17, 15) is 10.1 Å². The number of hydrogen-bond donors (Lipinski definition) is 0. The van der Waals surface area contributed by atoms with Gasteiger partial charge in [0.25, 0.3) is 5.69 Å². The second kappa shape index (κ2) is 9.29. The van der Waals surface area contributed by atoms with Crippen LogP contribution in [-0.4, -0.2) is 64.8 Å². The predicted molar refractivity (Wildman–Crippen MR) is 84.3 cm³/mol. The number of hydrogen-bond acceptors (Lipinski definition) is 7. The van der Waals surface area contributed by atoms with Crippen molar-refractivity contribution in [3.05, 3.63) is 28.3 Å². The Bertz CT molecular complexity index is 511. The number of nitro groups is 1. The molecule has 1 aliphatic rings. The smallest absolute Gasteiger partial charge is 0.273 e. The van der Waals surface area contributed by atoms with E-state index in [1.807, 2.05) is 11.9 Å². The van der Waals surface area contributed by atoms with E-state index in [-0.39, 0.29) is 5.69 Å². The van der Waals surface area contributed by atoms with Crippen LogP contribution >= 0.6 is 0 Å². The van der Waals surface area contributed by atoms with Crippen LogP contribution in [0, 0.1) is 10.1 Å². The highest BCUT2D eigenvalue weighted by atomic mass is 16.6. The number of nitro benzene ring substituents is 1. The highest BCUT2D eigenvalue weighted by molar-refractivity contribution is 5.62. The first-order chi connectivity index (χ1) is 11.2. The summed E-state index contributed by atoms with van der Waals surface area (Å²) in [7, 11) is 1.89. The van der Waals surface area contributed by atoms with Crippen molar-refractivity contribution in [1.82, 2.24) is 0 Å².